The van der Waals surface area contributed by atoms with Crippen molar-refractivity contribution < 1.29 is 35.5 Å². The van der Waals surface area contributed by atoms with Crippen molar-refractivity contribution in [2.24, 2.45) is 5.73 Å². The average Bonchev–Trinajstić information content (AvgIpc) is 3.16. The summed E-state index contributed by atoms with van der Waals surface area (Å²) < 4.78 is 93.3. The molecule has 4 nitrogen and oxygen atoms in total. The van der Waals surface area contributed by atoms with Crippen molar-refractivity contribution in [3.63, 3.8) is 0 Å². The third-order valence-electron chi connectivity index (χ3n) is 6.42. The third-order valence-corrected chi connectivity index (χ3v) is 6.42. The van der Waals surface area contributed by atoms with Gasteiger partial charge in [-0.2, -0.15) is 26.3 Å². The highest BCUT2D eigenvalue weighted by Crippen LogP contribution is 2.41. The molecule has 3 N–H and O–H groups in total. The molecule has 1 saturated carbocycles. The minimum atomic E-state index is -4.94. The summed E-state index contributed by atoms with van der Waals surface area (Å²) in [6, 6.07) is 5.84. The van der Waals surface area contributed by atoms with Gasteiger partial charge in [-0.25, -0.2) is 4.39 Å². The summed E-state index contributed by atoms with van der Waals surface area (Å²) in [5.41, 5.74) is 3.15. The van der Waals surface area contributed by atoms with Gasteiger partial charge in [-0.3, -0.25) is 9.69 Å². The number of nitrogens with zero attached hydrogens (tertiary/aromatic N) is 1. The molecule has 3 rings (SSSR count). The summed E-state index contributed by atoms with van der Waals surface area (Å²) in [6.07, 6.45) is -8.76. The predicted octanol–water partition coefficient (Wildman–Crippen LogP) is 5.25. The molecule has 0 saturated heterocycles. The Bertz CT molecular complexity index is 1000. The largest absolute Gasteiger partial charge is 0.416 e. The standard InChI is InChI=1S/C24H26F7N3O/c1-13(15-9-16(23(26,27)28)11-17(10-15)24(29,30)31)33-19-7-8-20(34(2)12-21(32)35)22(19)14-3-5-18(25)6-4-14/h3-6,9-11,13,19-20,22,33H,7-8,12H2,1-2H3,(H2,32,35). The van der Waals surface area contributed by atoms with Gasteiger partial charge in [0.15, 0.2) is 0 Å². The number of carbonyl (C=O) groups is 1. The lowest BCUT2D eigenvalue weighted by molar-refractivity contribution is -0.143. The van der Waals surface area contributed by atoms with Crippen LogP contribution in [0.5, 0.6) is 0 Å². The normalized spacial score (nSPS) is 21.9. The fraction of sp³-hybridized carbons (Fsp3) is 0.458. The number of alkyl halides is 6. The van der Waals surface area contributed by atoms with Crippen LogP contribution >= 0.6 is 0 Å². The van der Waals surface area contributed by atoms with Gasteiger partial charge in [-0.1, -0.05) is 12.1 Å². The van der Waals surface area contributed by atoms with Crippen molar-refractivity contribution in [2.75, 3.05) is 13.6 Å². The van der Waals surface area contributed by atoms with E-state index in [1.807, 2.05) is 0 Å². The Labute approximate surface area is 198 Å². The lowest BCUT2D eigenvalue weighted by Gasteiger charge is -2.33. The van der Waals surface area contributed by atoms with Crippen molar-refractivity contribution in [1.82, 2.24) is 10.2 Å². The second kappa shape index (κ2) is 10.1. The number of amides is 1. The van der Waals surface area contributed by atoms with E-state index in [1.54, 1.807) is 24.1 Å². The minimum Gasteiger partial charge on any atom is -0.369 e. The SMILES string of the molecule is CC(NC1CCC(N(C)CC(N)=O)C1c1ccc(F)cc1)c1cc(C(F)(F)F)cc(C(F)(F)F)c1. The second-order valence-corrected chi connectivity index (χ2v) is 8.94. The number of halogens is 7. The molecule has 0 radical (unpaired) electrons. The first kappa shape index (κ1) is 26.9. The number of likely N-dealkylation sites (N-methyl/N-ethyl adjacent to an activating group) is 1. The highest BCUT2D eigenvalue weighted by molar-refractivity contribution is 5.75. The topological polar surface area (TPSA) is 58.4 Å². The average molecular weight is 505 g/mol. The van der Waals surface area contributed by atoms with E-state index in [-0.39, 0.29) is 36.2 Å². The summed E-state index contributed by atoms with van der Waals surface area (Å²) in [5.74, 6) is -1.30. The van der Waals surface area contributed by atoms with Crippen LogP contribution in [0.1, 0.15) is 54.0 Å². The summed E-state index contributed by atoms with van der Waals surface area (Å²) >= 11 is 0. The highest BCUT2D eigenvalue weighted by atomic mass is 19.4. The molecular formula is C24H26F7N3O. The number of hydrogen-bond donors (Lipinski definition) is 2. The smallest absolute Gasteiger partial charge is 0.369 e. The van der Waals surface area contributed by atoms with E-state index in [1.165, 1.54) is 19.1 Å². The molecule has 0 aliphatic heterocycles. The number of nitrogens with one attached hydrogen (secondary N) is 1. The fourth-order valence-electron chi connectivity index (χ4n) is 4.81. The molecule has 4 unspecified atom stereocenters. The zero-order valence-electron chi connectivity index (χ0n) is 19.1. The minimum absolute atomic E-state index is 0.0345. The van der Waals surface area contributed by atoms with E-state index in [4.69, 9.17) is 5.73 Å². The maximum Gasteiger partial charge on any atom is 0.416 e. The van der Waals surface area contributed by atoms with E-state index >= 15 is 0 Å². The first-order chi connectivity index (χ1) is 16.2. The lowest BCUT2D eigenvalue weighted by Crippen LogP contribution is -2.43. The van der Waals surface area contributed by atoms with Crippen LogP contribution in [0.25, 0.3) is 0 Å². The molecular weight excluding hydrogens is 479 g/mol. The first-order valence-electron chi connectivity index (χ1n) is 11.0. The van der Waals surface area contributed by atoms with Crippen molar-refractivity contribution in [3.8, 4) is 0 Å². The van der Waals surface area contributed by atoms with Crippen molar-refractivity contribution >= 4 is 5.91 Å². The molecule has 0 aromatic heterocycles. The second-order valence-electron chi connectivity index (χ2n) is 8.94. The monoisotopic (exact) mass is 505 g/mol. The molecule has 1 aliphatic rings. The van der Waals surface area contributed by atoms with Gasteiger partial charge in [0.1, 0.15) is 5.82 Å². The third kappa shape index (κ3) is 6.52. The Kier molecular flexibility index (Phi) is 7.80. The highest BCUT2D eigenvalue weighted by Gasteiger charge is 2.41. The maximum atomic E-state index is 13.5. The van der Waals surface area contributed by atoms with Crippen LogP contribution in [0.4, 0.5) is 30.7 Å². The number of rotatable bonds is 7. The van der Waals surface area contributed by atoms with E-state index in [0.29, 0.717) is 25.0 Å². The van der Waals surface area contributed by atoms with Crippen molar-refractivity contribution in [2.45, 2.75) is 56.2 Å². The van der Waals surface area contributed by atoms with E-state index < -0.39 is 41.2 Å². The first-order valence-corrected chi connectivity index (χ1v) is 11.0. The molecule has 1 fully saturated rings. The molecule has 0 spiro atoms. The molecule has 0 bridgehead atoms. The Hall–Kier alpha value is -2.66. The van der Waals surface area contributed by atoms with Gasteiger partial charge in [-0.15, -0.1) is 0 Å². The molecule has 11 heteroatoms. The van der Waals surface area contributed by atoms with Crippen LogP contribution in [0, 0.1) is 5.82 Å². The number of carbonyl (C=O) groups excluding carboxylic acids is 1. The van der Waals surface area contributed by atoms with Gasteiger partial charge in [0.25, 0.3) is 0 Å². The molecule has 1 amide bonds. The van der Waals surface area contributed by atoms with Gasteiger partial charge in [0.2, 0.25) is 5.91 Å². The van der Waals surface area contributed by atoms with E-state index in [0.717, 1.165) is 5.56 Å². The molecule has 0 heterocycles. The van der Waals surface area contributed by atoms with Gasteiger partial charge in [0, 0.05) is 24.0 Å². The molecule has 35 heavy (non-hydrogen) atoms. The Morgan fingerprint density at radius 1 is 1.03 bits per heavy atom. The maximum absolute atomic E-state index is 13.5. The van der Waals surface area contributed by atoms with Crippen LogP contribution in [-0.4, -0.2) is 36.5 Å². The Balaban J connectivity index is 1.94. The predicted molar refractivity (Wildman–Crippen MR) is 116 cm³/mol. The Morgan fingerprint density at radius 3 is 2.06 bits per heavy atom. The lowest BCUT2D eigenvalue weighted by atomic mass is 9.89. The van der Waals surface area contributed by atoms with Gasteiger partial charge in [0.05, 0.1) is 17.7 Å². The molecule has 2 aromatic carbocycles. The molecule has 2 aromatic rings. The van der Waals surface area contributed by atoms with Gasteiger partial charge in [-0.05, 0) is 68.3 Å². The number of primary amides is 1. The molecule has 4 atom stereocenters. The quantitative estimate of drug-likeness (QED) is 0.506. The number of hydrogen-bond acceptors (Lipinski definition) is 3. The van der Waals surface area contributed by atoms with Crippen LogP contribution in [0.15, 0.2) is 42.5 Å². The number of benzene rings is 2. The zero-order valence-corrected chi connectivity index (χ0v) is 19.1. The van der Waals surface area contributed by atoms with E-state index in [2.05, 4.69) is 5.32 Å². The van der Waals surface area contributed by atoms with Crippen molar-refractivity contribution in [1.29, 1.82) is 0 Å². The van der Waals surface area contributed by atoms with Gasteiger partial charge >= 0.3 is 12.4 Å². The Morgan fingerprint density at radius 2 is 1.57 bits per heavy atom. The zero-order chi connectivity index (χ0) is 26.1. The van der Waals surface area contributed by atoms with Crippen LogP contribution in [0.2, 0.25) is 0 Å². The number of nitrogens with two attached hydrogens (primary N) is 1. The van der Waals surface area contributed by atoms with Crippen LogP contribution < -0.4 is 11.1 Å². The molecule has 1 aliphatic carbocycles. The van der Waals surface area contributed by atoms with Crippen LogP contribution in [0.3, 0.4) is 0 Å². The summed E-state index contributed by atoms with van der Waals surface area (Å²) in [7, 11) is 1.71. The van der Waals surface area contributed by atoms with E-state index in [9.17, 15) is 35.5 Å². The fourth-order valence-corrected chi connectivity index (χ4v) is 4.81. The summed E-state index contributed by atoms with van der Waals surface area (Å²) in [4.78, 5) is 13.2. The van der Waals surface area contributed by atoms with Crippen molar-refractivity contribution in [3.05, 3.63) is 70.5 Å². The summed E-state index contributed by atoms with van der Waals surface area (Å²) in [6.45, 7) is 1.46. The molecule has 192 valence electrons. The van der Waals surface area contributed by atoms with Gasteiger partial charge < -0.3 is 11.1 Å². The summed E-state index contributed by atoms with van der Waals surface area (Å²) in [5, 5.41) is 3.18. The van der Waals surface area contributed by atoms with Crippen LogP contribution in [-0.2, 0) is 17.1 Å².